The number of fused-ring (bicyclic) bond motifs is 3. The Kier molecular flexibility index (Phi) is 8.92. The number of nitrogens with one attached hydrogen (secondary N) is 2. The maximum atomic E-state index is 3.76. The molecule has 0 atom stereocenters. The highest BCUT2D eigenvalue weighted by Gasteiger charge is 2.13. The second-order valence-corrected chi connectivity index (χ2v) is 12.4. The van der Waals surface area contributed by atoms with Crippen molar-refractivity contribution >= 4 is 44.3 Å². The van der Waals surface area contributed by atoms with E-state index in [0.717, 1.165) is 24.2 Å². The van der Waals surface area contributed by atoms with Gasteiger partial charge in [-0.1, -0.05) is 63.1 Å². The number of benzene rings is 5. The van der Waals surface area contributed by atoms with Gasteiger partial charge in [0.25, 0.3) is 0 Å². The van der Waals surface area contributed by atoms with Crippen LogP contribution in [-0.4, -0.2) is 0 Å². The SMILES string of the molecule is CCCCc1cc(C)c(Nc2ccc3c(c2)c(C)c(C)c2cc(Nc4c(C)cc(CCCC)cc4C)ccc23)c(C)c1. The molecule has 0 radical (unpaired) electrons. The fourth-order valence-electron chi connectivity index (χ4n) is 6.58. The Morgan fingerprint density at radius 2 is 0.810 bits per heavy atom. The van der Waals surface area contributed by atoms with Crippen LogP contribution < -0.4 is 10.6 Å². The maximum absolute atomic E-state index is 3.76. The molecule has 0 amide bonds. The van der Waals surface area contributed by atoms with Crippen molar-refractivity contribution in [2.24, 2.45) is 0 Å². The quantitative estimate of drug-likeness (QED) is 0.167. The first-order chi connectivity index (χ1) is 20.2. The van der Waals surface area contributed by atoms with Gasteiger partial charge in [0.1, 0.15) is 0 Å². The molecule has 5 aromatic carbocycles. The summed E-state index contributed by atoms with van der Waals surface area (Å²) in [7, 11) is 0. The van der Waals surface area contributed by atoms with E-state index in [1.54, 1.807) is 0 Å². The molecule has 5 aromatic rings. The van der Waals surface area contributed by atoms with Crippen molar-refractivity contribution < 1.29 is 0 Å². The Labute approximate surface area is 253 Å². The van der Waals surface area contributed by atoms with Crippen LogP contribution in [0.2, 0.25) is 0 Å². The van der Waals surface area contributed by atoms with Gasteiger partial charge in [0.15, 0.2) is 0 Å². The zero-order valence-corrected chi connectivity index (χ0v) is 27.0. The molecular formula is C40H48N2. The van der Waals surface area contributed by atoms with E-state index in [-0.39, 0.29) is 0 Å². The van der Waals surface area contributed by atoms with Crippen LogP contribution in [0, 0.1) is 41.5 Å². The molecular weight excluding hydrogens is 508 g/mol. The van der Waals surface area contributed by atoms with E-state index < -0.39 is 0 Å². The van der Waals surface area contributed by atoms with Crippen LogP contribution in [0.5, 0.6) is 0 Å². The molecule has 218 valence electrons. The lowest BCUT2D eigenvalue weighted by atomic mass is 9.92. The zero-order chi connectivity index (χ0) is 30.0. The van der Waals surface area contributed by atoms with Crippen LogP contribution in [-0.2, 0) is 12.8 Å². The smallest absolute Gasteiger partial charge is 0.0443 e. The molecule has 0 aliphatic rings. The van der Waals surface area contributed by atoms with Gasteiger partial charge < -0.3 is 10.6 Å². The molecule has 0 aliphatic carbocycles. The fourth-order valence-corrected chi connectivity index (χ4v) is 6.58. The zero-order valence-electron chi connectivity index (χ0n) is 27.0. The molecule has 0 aliphatic heterocycles. The Balaban J connectivity index is 1.47. The monoisotopic (exact) mass is 556 g/mol. The molecule has 2 heteroatoms. The first kappa shape index (κ1) is 29.7. The van der Waals surface area contributed by atoms with Crippen LogP contribution in [0.25, 0.3) is 21.5 Å². The van der Waals surface area contributed by atoms with Gasteiger partial charge in [0.2, 0.25) is 0 Å². The second kappa shape index (κ2) is 12.6. The Hall–Kier alpha value is -3.78. The van der Waals surface area contributed by atoms with Gasteiger partial charge in [-0.15, -0.1) is 0 Å². The summed E-state index contributed by atoms with van der Waals surface area (Å²) in [4.78, 5) is 0. The average molecular weight is 557 g/mol. The van der Waals surface area contributed by atoms with Crippen LogP contribution in [0.3, 0.4) is 0 Å². The van der Waals surface area contributed by atoms with E-state index in [4.69, 9.17) is 0 Å². The maximum Gasteiger partial charge on any atom is 0.0443 e. The first-order valence-electron chi connectivity index (χ1n) is 15.9. The van der Waals surface area contributed by atoms with Gasteiger partial charge in [-0.25, -0.2) is 0 Å². The van der Waals surface area contributed by atoms with E-state index >= 15 is 0 Å². The minimum atomic E-state index is 1.14. The highest BCUT2D eigenvalue weighted by Crippen LogP contribution is 2.37. The predicted octanol–water partition coefficient (Wildman–Crippen LogP) is 12.0. The summed E-state index contributed by atoms with van der Waals surface area (Å²) in [5.74, 6) is 0. The largest absolute Gasteiger partial charge is 0.355 e. The Morgan fingerprint density at radius 1 is 0.452 bits per heavy atom. The van der Waals surface area contributed by atoms with E-state index in [1.807, 2.05) is 0 Å². The molecule has 2 N–H and O–H groups in total. The summed E-state index contributed by atoms with van der Waals surface area (Å²) < 4.78 is 0. The summed E-state index contributed by atoms with van der Waals surface area (Å²) in [5.41, 5.74) is 15.6. The average Bonchev–Trinajstić information content (AvgIpc) is 2.97. The van der Waals surface area contributed by atoms with E-state index in [2.05, 4.69) is 127 Å². The Morgan fingerprint density at radius 3 is 1.14 bits per heavy atom. The number of anilines is 4. The van der Waals surface area contributed by atoms with Crippen LogP contribution in [0.4, 0.5) is 22.7 Å². The van der Waals surface area contributed by atoms with Gasteiger partial charge in [-0.3, -0.25) is 0 Å². The van der Waals surface area contributed by atoms with E-state index in [1.165, 1.54) is 103 Å². The standard InChI is InChI=1S/C40H48N2/c1-9-11-13-31-19-25(3)39(26(4)20-31)41-33-15-17-35-36-18-16-34(24-38(36)30(8)29(7)37(35)23-33)42-40-27(5)21-32(14-12-10-2)22-28(40)6/h15-24,41-42H,9-14H2,1-8H3. The van der Waals surface area contributed by atoms with Gasteiger partial charge in [0, 0.05) is 22.7 Å². The molecule has 0 bridgehead atoms. The van der Waals surface area contributed by atoms with Crippen molar-refractivity contribution in [3.05, 3.63) is 105 Å². The topological polar surface area (TPSA) is 24.1 Å². The second-order valence-electron chi connectivity index (χ2n) is 12.4. The summed E-state index contributed by atoms with van der Waals surface area (Å²) in [6.45, 7) is 18.0. The lowest BCUT2D eigenvalue weighted by molar-refractivity contribution is 0.794. The summed E-state index contributed by atoms with van der Waals surface area (Å²) >= 11 is 0. The molecule has 0 fully saturated rings. The first-order valence-corrected chi connectivity index (χ1v) is 15.9. The molecule has 0 unspecified atom stereocenters. The van der Waals surface area contributed by atoms with Crippen molar-refractivity contribution in [3.8, 4) is 0 Å². The van der Waals surface area contributed by atoms with Crippen LogP contribution in [0.15, 0.2) is 60.7 Å². The van der Waals surface area contributed by atoms with Gasteiger partial charge in [0.05, 0.1) is 0 Å². The van der Waals surface area contributed by atoms with Crippen molar-refractivity contribution in [1.29, 1.82) is 0 Å². The highest BCUT2D eigenvalue weighted by molar-refractivity contribution is 6.12. The van der Waals surface area contributed by atoms with Gasteiger partial charge in [-0.05, 0) is 158 Å². The lowest BCUT2D eigenvalue weighted by Crippen LogP contribution is -2.00. The summed E-state index contributed by atoms with van der Waals surface area (Å²) in [6, 6.07) is 23.1. The minimum Gasteiger partial charge on any atom is -0.355 e. The molecule has 0 spiro atoms. The number of aryl methyl sites for hydroxylation is 8. The van der Waals surface area contributed by atoms with Gasteiger partial charge in [-0.2, -0.15) is 0 Å². The molecule has 0 saturated carbocycles. The van der Waals surface area contributed by atoms with Gasteiger partial charge >= 0.3 is 0 Å². The molecule has 5 rings (SSSR count). The molecule has 0 saturated heterocycles. The third-order valence-electron chi connectivity index (χ3n) is 9.06. The van der Waals surface area contributed by atoms with E-state index in [9.17, 15) is 0 Å². The fraction of sp³-hybridized carbons (Fsp3) is 0.350. The van der Waals surface area contributed by atoms with Crippen molar-refractivity contribution in [2.45, 2.75) is 93.9 Å². The molecule has 2 nitrogen and oxygen atoms in total. The minimum absolute atomic E-state index is 1.14. The number of hydrogen-bond donors (Lipinski definition) is 2. The van der Waals surface area contributed by atoms with Crippen LogP contribution >= 0.6 is 0 Å². The summed E-state index contributed by atoms with van der Waals surface area (Å²) in [6.07, 6.45) is 7.25. The number of unbranched alkanes of at least 4 members (excludes halogenated alkanes) is 2. The third-order valence-corrected chi connectivity index (χ3v) is 9.06. The summed E-state index contributed by atoms with van der Waals surface area (Å²) in [5, 5.41) is 12.8. The Bertz CT molecular complexity index is 1580. The molecule has 0 heterocycles. The van der Waals surface area contributed by atoms with E-state index in [0.29, 0.717) is 0 Å². The van der Waals surface area contributed by atoms with Crippen molar-refractivity contribution in [2.75, 3.05) is 10.6 Å². The number of hydrogen-bond acceptors (Lipinski definition) is 2. The van der Waals surface area contributed by atoms with Crippen molar-refractivity contribution in [1.82, 2.24) is 0 Å². The number of rotatable bonds is 10. The highest BCUT2D eigenvalue weighted by atomic mass is 14.9. The molecule has 42 heavy (non-hydrogen) atoms. The lowest BCUT2D eigenvalue weighted by Gasteiger charge is -2.19. The third kappa shape index (κ3) is 6.04. The predicted molar refractivity (Wildman–Crippen MR) is 187 cm³/mol. The van der Waals surface area contributed by atoms with Crippen LogP contribution in [0.1, 0.15) is 84.0 Å². The molecule has 0 aromatic heterocycles. The van der Waals surface area contributed by atoms with Crippen molar-refractivity contribution in [3.63, 3.8) is 0 Å². The normalized spacial score (nSPS) is 11.4.